The summed E-state index contributed by atoms with van der Waals surface area (Å²) < 4.78 is 0. The van der Waals surface area contributed by atoms with Crippen LogP contribution in [-0.2, 0) is 0 Å². The first-order valence-electron chi connectivity index (χ1n) is 6.53. The first kappa shape index (κ1) is 12.2. The number of nitrogens with two attached hydrogens (primary N) is 1. The molecular weight excluding hydrogens is 242 g/mol. The maximum absolute atomic E-state index is 5.74. The molecule has 3 heterocycles. The van der Waals surface area contributed by atoms with Crippen molar-refractivity contribution in [3.8, 4) is 0 Å². The SMILES string of the molecule is CN(CC1CCCN1C)c1nc(N)nc2nc[nH]c12. The molecule has 19 heavy (non-hydrogen) atoms. The van der Waals surface area contributed by atoms with Crippen LogP contribution in [0.4, 0.5) is 11.8 Å². The maximum atomic E-state index is 5.74. The Hall–Kier alpha value is -1.89. The minimum Gasteiger partial charge on any atom is -0.368 e. The highest BCUT2D eigenvalue weighted by Crippen LogP contribution is 2.23. The smallest absolute Gasteiger partial charge is 0.224 e. The predicted molar refractivity (Wildman–Crippen MR) is 75.0 cm³/mol. The van der Waals surface area contributed by atoms with E-state index in [2.05, 4.69) is 36.8 Å². The lowest BCUT2D eigenvalue weighted by molar-refractivity contribution is 0.314. The van der Waals surface area contributed by atoms with E-state index >= 15 is 0 Å². The first-order chi connectivity index (χ1) is 9.15. The van der Waals surface area contributed by atoms with E-state index in [9.17, 15) is 0 Å². The zero-order valence-electron chi connectivity index (χ0n) is 11.3. The number of anilines is 2. The molecule has 1 fully saturated rings. The molecule has 3 rings (SSSR count). The van der Waals surface area contributed by atoms with Gasteiger partial charge in [-0.1, -0.05) is 0 Å². The molecule has 1 atom stereocenters. The Morgan fingerprint density at radius 2 is 2.37 bits per heavy atom. The highest BCUT2D eigenvalue weighted by Gasteiger charge is 2.23. The zero-order chi connectivity index (χ0) is 13.4. The van der Waals surface area contributed by atoms with Crippen LogP contribution in [0.25, 0.3) is 11.2 Å². The third-order valence-corrected chi connectivity index (χ3v) is 3.80. The number of nitrogens with zero attached hydrogens (tertiary/aromatic N) is 5. The van der Waals surface area contributed by atoms with E-state index in [0.29, 0.717) is 11.7 Å². The van der Waals surface area contributed by atoms with Gasteiger partial charge in [-0.25, -0.2) is 4.98 Å². The highest BCUT2D eigenvalue weighted by molar-refractivity contribution is 5.83. The summed E-state index contributed by atoms with van der Waals surface area (Å²) in [7, 11) is 4.21. The van der Waals surface area contributed by atoms with Crippen LogP contribution >= 0.6 is 0 Å². The lowest BCUT2D eigenvalue weighted by atomic mass is 10.2. The van der Waals surface area contributed by atoms with Crippen LogP contribution in [0.15, 0.2) is 6.33 Å². The molecule has 0 aliphatic carbocycles. The Morgan fingerprint density at radius 1 is 1.53 bits per heavy atom. The Bertz CT molecular complexity index is 578. The predicted octanol–water partition coefficient (Wildman–Crippen LogP) is 0.465. The van der Waals surface area contributed by atoms with Crippen LogP contribution in [0.3, 0.4) is 0 Å². The largest absolute Gasteiger partial charge is 0.368 e. The first-order valence-corrected chi connectivity index (χ1v) is 6.53. The number of likely N-dealkylation sites (N-methyl/N-ethyl adjacent to an activating group) is 2. The van der Waals surface area contributed by atoms with E-state index in [4.69, 9.17) is 5.73 Å². The van der Waals surface area contributed by atoms with Gasteiger partial charge in [-0.05, 0) is 26.4 Å². The van der Waals surface area contributed by atoms with Gasteiger partial charge in [0.1, 0.15) is 5.52 Å². The normalized spacial score (nSPS) is 20.2. The zero-order valence-corrected chi connectivity index (χ0v) is 11.3. The molecule has 7 nitrogen and oxygen atoms in total. The number of aromatic nitrogens is 4. The Labute approximate surface area is 111 Å². The van der Waals surface area contributed by atoms with Crippen LogP contribution < -0.4 is 10.6 Å². The number of aromatic amines is 1. The van der Waals surface area contributed by atoms with Crippen molar-refractivity contribution < 1.29 is 0 Å². The average molecular weight is 261 g/mol. The monoisotopic (exact) mass is 261 g/mol. The second-order valence-electron chi connectivity index (χ2n) is 5.16. The van der Waals surface area contributed by atoms with Crippen LogP contribution in [-0.4, -0.2) is 58.1 Å². The number of fused-ring (bicyclic) bond motifs is 1. The van der Waals surface area contributed by atoms with Gasteiger partial charge in [0.25, 0.3) is 0 Å². The summed E-state index contributed by atoms with van der Waals surface area (Å²) in [5.74, 6) is 1.08. The quantitative estimate of drug-likeness (QED) is 0.835. The molecule has 102 valence electrons. The molecule has 0 saturated carbocycles. The molecule has 2 aromatic heterocycles. The average Bonchev–Trinajstić information content (AvgIpc) is 2.98. The van der Waals surface area contributed by atoms with Crippen molar-refractivity contribution in [2.45, 2.75) is 18.9 Å². The molecule has 7 heteroatoms. The molecule has 0 aromatic carbocycles. The summed E-state index contributed by atoms with van der Waals surface area (Å²) in [5.41, 5.74) is 7.21. The van der Waals surface area contributed by atoms with Gasteiger partial charge in [0.05, 0.1) is 6.33 Å². The fourth-order valence-corrected chi connectivity index (χ4v) is 2.72. The molecule has 2 aromatic rings. The molecule has 3 N–H and O–H groups in total. The Morgan fingerprint density at radius 3 is 3.11 bits per heavy atom. The third kappa shape index (κ3) is 2.21. The number of H-pyrrole nitrogens is 1. The highest BCUT2D eigenvalue weighted by atomic mass is 15.3. The van der Waals surface area contributed by atoms with E-state index in [1.165, 1.54) is 19.4 Å². The second kappa shape index (κ2) is 4.65. The topological polar surface area (TPSA) is 87.0 Å². The number of likely N-dealkylation sites (tertiary alicyclic amines) is 1. The van der Waals surface area contributed by atoms with E-state index in [0.717, 1.165) is 17.9 Å². The number of rotatable bonds is 3. The number of hydrogen-bond acceptors (Lipinski definition) is 6. The van der Waals surface area contributed by atoms with E-state index in [1.807, 2.05) is 7.05 Å². The summed E-state index contributed by atoms with van der Waals surface area (Å²) in [6.45, 7) is 2.10. The molecular formula is C12H19N7. The molecule has 0 bridgehead atoms. The van der Waals surface area contributed by atoms with Crippen LogP contribution in [0.2, 0.25) is 0 Å². The van der Waals surface area contributed by atoms with Crippen LogP contribution in [0.1, 0.15) is 12.8 Å². The standard InChI is InChI=1S/C12H19N7/c1-18-5-3-4-8(18)6-19(2)11-9-10(15-7-14-9)16-12(13)17-11/h7-8H,3-6H2,1-2H3,(H3,13,14,15,16,17). The van der Waals surface area contributed by atoms with Crippen molar-refractivity contribution in [2.24, 2.45) is 0 Å². The van der Waals surface area contributed by atoms with Crippen LogP contribution in [0, 0.1) is 0 Å². The second-order valence-corrected chi connectivity index (χ2v) is 5.16. The third-order valence-electron chi connectivity index (χ3n) is 3.80. The van der Waals surface area contributed by atoms with Crippen molar-refractivity contribution in [1.29, 1.82) is 0 Å². The molecule has 1 unspecified atom stereocenters. The molecule has 1 aliphatic rings. The fourth-order valence-electron chi connectivity index (χ4n) is 2.72. The Balaban J connectivity index is 1.88. The summed E-state index contributed by atoms with van der Waals surface area (Å²) in [6, 6.07) is 0.569. The van der Waals surface area contributed by atoms with Crippen molar-refractivity contribution in [3.05, 3.63) is 6.33 Å². The number of imidazole rings is 1. The lowest BCUT2D eigenvalue weighted by Crippen LogP contribution is -2.37. The molecule has 1 saturated heterocycles. The number of nitrogen functional groups attached to an aromatic ring is 1. The maximum Gasteiger partial charge on any atom is 0.224 e. The minimum absolute atomic E-state index is 0.265. The van der Waals surface area contributed by atoms with Gasteiger partial charge in [-0.3, -0.25) is 0 Å². The molecule has 0 spiro atoms. The van der Waals surface area contributed by atoms with E-state index in [1.54, 1.807) is 6.33 Å². The summed E-state index contributed by atoms with van der Waals surface area (Å²) >= 11 is 0. The molecule has 0 radical (unpaired) electrons. The Kier molecular flexibility index (Phi) is 2.98. The molecule has 0 amide bonds. The van der Waals surface area contributed by atoms with Gasteiger partial charge in [0.2, 0.25) is 5.95 Å². The van der Waals surface area contributed by atoms with E-state index in [-0.39, 0.29) is 5.95 Å². The molecule has 1 aliphatic heterocycles. The van der Waals surface area contributed by atoms with Gasteiger partial charge in [-0.15, -0.1) is 0 Å². The summed E-state index contributed by atoms with van der Waals surface area (Å²) in [6.07, 6.45) is 4.12. The number of nitrogens with one attached hydrogen (secondary N) is 1. The van der Waals surface area contributed by atoms with Gasteiger partial charge in [-0.2, -0.15) is 9.97 Å². The lowest BCUT2D eigenvalue weighted by Gasteiger charge is -2.26. The van der Waals surface area contributed by atoms with Gasteiger partial charge in [0, 0.05) is 19.6 Å². The van der Waals surface area contributed by atoms with Crippen LogP contribution in [0.5, 0.6) is 0 Å². The van der Waals surface area contributed by atoms with Crippen molar-refractivity contribution >= 4 is 22.9 Å². The summed E-state index contributed by atoms with van der Waals surface area (Å²) in [5, 5.41) is 0. The van der Waals surface area contributed by atoms with Crippen molar-refractivity contribution in [2.75, 3.05) is 37.8 Å². The minimum atomic E-state index is 0.265. The summed E-state index contributed by atoms with van der Waals surface area (Å²) in [4.78, 5) is 20.2. The fraction of sp³-hybridized carbons (Fsp3) is 0.583. The van der Waals surface area contributed by atoms with Crippen molar-refractivity contribution in [1.82, 2.24) is 24.8 Å². The van der Waals surface area contributed by atoms with Gasteiger partial charge < -0.3 is 20.5 Å². The van der Waals surface area contributed by atoms with Gasteiger partial charge >= 0.3 is 0 Å². The van der Waals surface area contributed by atoms with Crippen molar-refractivity contribution in [3.63, 3.8) is 0 Å². The van der Waals surface area contributed by atoms with E-state index < -0.39 is 0 Å². The number of hydrogen-bond donors (Lipinski definition) is 2. The van der Waals surface area contributed by atoms with Gasteiger partial charge in [0.15, 0.2) is 11.5 Å².